The number of carbonyl (C=O) groups is 1. The maximum absolute atomic E-state index is 12.0. The van der Waals surface area contributed by atoms with E-state index < -0.39 is 10.0 Å². The third-order valence-electron chi connectivity index (χ3n) is 4.07. The molecule has 0 aliphatic heterocycles. The van der Waals surface area contributed by atoms with Gasteiger partial charge in [-0.3, -0.25) is 4.79 Å². The van der Waals surface area contributed by atoms with Crippen molar-refractivity contribution in [2.24, 2.45) is 0 Å². The zero-order valence-electron chi connectivity index (χ0n) is 14.2. The summed E-state index contributed by atoms with van der Waals surface area (Å²) in [5, 5.41) is 2.86. The van der Waals surface area contributed by atoms with Gasteiger partial charge in [0.1, 0.15) is 0 Å². The van der Waals surface area contributed by atoms with Crippen LogP contribution < -0.4 is 5.32 Å². The summed E-state index contributed by atoms with van der Waals surface area (Å²) in [7, 11) is 0.742. The molecule has 1 aliphatic carbocycles. The molecule has 0 unspecified atom stereocenters. The molecule has 0 atom stereocenters. The highest BCUT2D eigenvalue weighted by Crippen LogP contribution is 2.24. The third-order valence-corrected chi connectivity index (χ3v) is 5.40. The summed E-state index contributed by atoms with van der Waals surface area (Å²) < 4.78 is 25.5. The van der Waals surface area contributed by atoms with Gasteiger partial charge in [-0.1, -0.05) is 19.3 Å². The summed E-state index contributed by atoms with van der Waals surface area (Å²) in [6.07, 6.45) is 7.55. The van der Waals surface area contributed by atoms with Gasteiger partial charge in [-0.05, 0) is 39.9 Å². The van der Waals surface area contributed by atoms with Crippen molar-refractivity contribution in [2.45, 2.75) is 51.0 Å². The van der Waals surface area contributed by atoms with E-state index in [1.807, 2.05) is 14.1 Å². The van der Waals surface area contributed by atoms with Crippen LogP contribution in [-0.2, 0) is 14.8 Å². The zero-order chi connectivity index (χ0) is 16.6. The topological polar surface area (TPSA) is 69.7 Å². The molecule has 1 N–H and O–H groups in total. The Labute approximate surface area is 135 Å². The first-order valence-electron chi connectivity index (χ1n) is 8.19. The lowest BCUT2D eigenvalue weighted by molar-refractivity contribution is -0.121. The molecule has 1 aliphatic rings. The normalized spacial score (nSPS) is 17.1. The van der Waals surface area contributed by atoms with Crippen molar-refractivity contribution in [2.75, 3.05) is 40.0 Å². The molecule has 1 amide bonds. The van der Waals surface area contributed by atoms with Crippen molar-refractivity contribution in [3.63, 3.8) is 0 Å². The Hall–Kier alpha value is -0.660. The van der Waals surface area contributed by atoms with Crippen LogP contribution in [-0.4, -0.2) is 69.6 Å². The molecule has 0 aromatic rings. The number of hydrogen-bond acceptors (Lipinski definition) is 4. The first-order chi connectivity index (χ1) is 10.3. The van der Waals surface area contributed by atoms with E-state index in [4.69, 9.17) is 0 Å². The Morgan fingerprint density at radius 3 is 2.32 bits per heavy atom. The monoisotopic (exact) mass is 333 g/mol. The van der Waals surface area contributed by atoms with Crippen LogP contribution in [0.5, 0.6) is 0 Å². The second-order valence-corrected chi connectivity index (χ2v) is 8.36. The first kappa shape index (κ1) is 19.4. The van der Waals surface area contributed by atoms with Crippen LogP contribution in [0.4, 0.5) is 0 Å². The van der Waals surface area contributed by atoms with Gasteiger partial charge in [-0.15, -0.1) is 0 Å². The van der Waals surface area contributed by atoms with E-state index in [-0.39, 0.29) is 18.4 Å². The summed E-state index contributed by atoms with van der Waals surface area (Å²) in [5.74, 6) is -0.0665. The average Bonchev–Trinajstić information content (AvgIpc) is 2.43. The van der Waals surface area contributed by atoms with Crippen LogP contribution >= 0.6 is 0 Å². The predicted octanol–water partition coefficient (Wildman–Crippen LogP) is 1.04. The molecule has 0 saturated heterocycles. The summed E-state index contributed by atoms with van der Waals surface area (Å²) in [6.45, 7) is 1.86. The molecule has 0 aromatic carbocycles. The number of nitrogens with one attached hydrogen (secondary N) is 1. The summed E-state index contributed by atoms with van der Waals surface area (Å²) >= 11 is 0. The molecule has 0 radical (unpaired) electrons. The van der Waals surface area contributed by atoms with Gasteiger partial charge in [-0.2, -0.15) is 4.31 Å². The predicted molar refractivity (Wildman–Crippen MR) is 89.2 cm³/mol. The fourth-order valence-corrected chi connectivity index (χ4v) is 4.09. The molecule has 1 rings (SSSR count). The van der Waals surface area contributed by atoms with Crippen molar-refractivity contribution >= 4 is 15.9 Å². The summed E-state index contributed by atoms with van der Waals surface area (Å²) in [4.78, 5) is 13.9. The quantitative estimate of drug-likeness (QED) is 0.640. The highest BCUT2D eigenvalue weighted by Gasteiger charge is 2.28. The Kier molecular flexibility index (Phi) is 8.35. The largest absolute Gasteiger partial charge is 0.356 e. The lowest BCUT2D eigenvalue weighted by atomic mass is 9.95. The number of carbonyl (C=O) groups excluding carboxylic acids is 1. The van der Waals surface area contributed by atoms with Gasteiger partial charge in [0.25, 0.3) is 0 Å². The molecule has 0 spiro atoms. The number of amides is 1. The van der Waals surface area contributed by atoms with Gasteiger partial charge >= 0.3 is 0 Å². The van der Waals surface area contributed by atoms with E-state index in [1.165, 1.54) is 17.0 Å². The van der Waals surface area contributed by atoms with E-state index in [0.29, 0.717) is 13.1 Å². The standard InChI is InChI=1S/C15H31N3O3S/c1-17(2)12-7-11-16-15(19)10-13-18(22(3,20)21)14-8-5-4-6-9-14/h14H,4-13H2,1-3H3,(H,16,19). The number of rotatable bonds is 9. The number of sulfonamides is 1. The molecule has 6 nitrogen and oxygen atoms in total. The van der Waals surface area contributed by atoms with Crippen molar-refractivity contribution in [1.82, 2.24) is 14.5 Å². The Morgan fingerprint density at radius 2 is 1.77 bits per heavy atom. The molecule has 7 heteroatoms. The fraction of sp³-hybridized carbons (Fsp3) is 0.933. The van der Waals surface area contributed by atoms with Gasteiger partial charge in [0.05, 0.1) is 6.26 Å². The van der Waals surface area contributed by atoms with Crippen LogP contribution in [0, 0.1) is 0 Å². The second kappa shape index (κ2) is 9.47. The first-order valence-corrected chi connectivity index (χ1v) is 10.0. The molecule has 0 aromatic heterocycles. The highest BCUT2D eigenvalue weighted by molar-refractivity contribution is 7.88. The fourth-order valence-electron chi connectivity index (χ4n) is 2.91. The molecule has 0 heterocycles. The molecule has 130 valence electrons. The van der Waals surface area contributed by atoms with Crippen molar-refractivity contribution in [3.05, 3.63) is 0 Å². The second-order valence-electron chi connectivity index (χ2n) is 6.42. The van der Waals surface area contributed by atoms with Crippen molar-refractivity contribution in [1.29, 1.82) is 0 Å². The Bertz CT molecular complexity index is 431. The maximum Gasteiger partial charge on any atom is 0.221 e. The molecule has 1 saturated carbocycles. The van der Waals surface area contributed by atoms with E-state index in [9.17, 15) is 13.2 Å². The summed E-state index contributed by atoms with van der Waals surface area (Å²) in [6, 6.07) is 0.0743. The van der Waals surface area contributed by atoms with Crippen LogP contribution in [0.1, 0.15) is 44.9 Å². The van der Waals surface area contributed by atoms with Crippen LogP contribution in [0.25, 0.3) is 0 Å². The summed E-state index contributed by atoms with van der Waals surface area (Å²) in [5.41, 5.74) is 0. The van der Waals surface area contributed by atoms with E-state index in [2.05, 4.69) is 10.2 Å². The zero-order valence-corrected chi connectivity index (χ0v) is 15.0. The minimum absolute atomic E-state index is 0.0665. The van der Waals surface area contributed by atoms with Gasteiger partial charge in [0.2, 0.25) is 15.9 Å². The molecular formula is C15H31N3O3S. The Morgan fingerprint density at radius 1 is 1.14 bits per heavy atom. The average molecular weight is 333 g/mol. The minimum Gasteiger partial charge on any atom is -0.356 e. The van der Waals surface area contributed by atoms with E-state index >= 15 is 0 Å². The SMILES string of the molecule is CN(C)CCCNC(=O)CCN(C1CCCCC1)S(C)(=O)=O. The van der Waals surface area contributed by atoms with Gasteiger partial charge in [0.15, 0.2) is 0 Å². The van der Waals surface area contributed by atoms with Crippen LogP contribution in [0.3, 0.4) is 0 Å². The van der Waals surface area contributed by atoms with Gasteiger partial charge in [0, 0.05) is 25.6 Å². The lowest BCUT2D eigenvalue weighted by Crippen LogP contribution is -2.43. The number of nitrogens with zero attached hydrogens (tertiary/aromatic N) is 2. The molecule has 22 heavy (non-hydrogen) atoms. The Balaban J connectivity index is 2.38. The van der Waals surface area contributed by atoms with E-state index in [1.54, 1.807) is 0 Å². The lowest BCUT2D eigenvalue weighted by Gasteiger charge is -2.32. The maximum atomic E-state index is 12.0. The smallest absolute Gasteiger partial charge is 0.221 e. The minimum atomic E-state index is -3.25. The third kappa shape index (κ3) is 7.56. The van der Waals surface area contributed by atoms with Crippen LogP contribution in [0.15, 0.2) is 0 Å². The van der Waals surface area contributed by atoms with Gasteiger partial charge < -0.3 is 10.2 Å². The van der Waals surface area contributed by atoms with Gasteiger partial charge in [-0.25, -0.2) is 8.42 Å². The van der Waals surface area contributed by atoms with Crippen molar-refractivity contribution < 1.29 is 13.2 Å². The highest BCUT2D eigenvalue weighted by atomic mass is 32.2. The van der Waals surface area contributed by atoms with Crippen LogP contribution in [0.2, 0.25) is 0 Å². The van der Waals surface area contributed by atoms with E-state index in [0.717, 1.165) is 38.6 Å². The number of hydrogen-bond donors (Lipinski definition) is 1. The molecular weight excluding hydrogens is 302 g/mol. The molecule has 1 fully saturated rings. The van der Waals surface area contributed by atoms with Crippen molar-refractivity contribution in [3.8, 4) is 0 Å². The molecule has 0 bridgehead atoms.